The van der Waals surface area contributed by atoms with Crippen LogP contribution in [0.1, 0.15) is 6.42 Å². The first-order chi connectivity index (χ1) is 7.07. The Morgan fingerprint density at radius 3 is 2.67 bits per heavy atom. The lowest BCUT2D eigenvalue weighted by molar-refractivity contribution is 0.229. The molecule has 0 aromatic heterocycles. The van der Waals surface area contributed by atoms with Crippen LogP contribution in [0.5, 0.6) is 5.75 Å². The van der Waals surface area contributed by atoms with Crippen LogP contribution in [0.25, 0.3) is 0 Å². The molecule has 84 valence electrons. The van der Waals surface area contributed by atoms with Crippen molar-refractivity contribution in [1.82, 2.24) is 0 Å². The Hall–Kier alpha value is -1.20. The van der Waals surface area contributed by atoms with Gasteiger partial charge in [-0.05, 0) is 6.07 Å². The van der Waals surface area contributed by atoms with E-state index >= 15 is 0 Å². The average Bonchev–Trinajstić information content (AvgIpc) is 2.20. The van der Waals surface area contributed by atoms with Crippen molar-refractivity contribution >= 4 is 23.0 Å². The van der Waals surface area contributed by atoms with Gasteiger partial charge in [0.2, 0.25) is 0 Å². The molecule has 0 bridgehead atoms. The summed E-state index contributed by atoms with van der Waals surface area (Å²) in [6.45, 7) is 0.127. The highest BCUT2D eigenvalue weighted by Crippen LogP contribution is 2.35. The Morgan fingerprint density at radius 1 is 1.40 bits per heavy atom. The first kappa shape index (κ1) is 11.9. The second kappa shape index (κ2) is 5.04. The maximum Gasteiger partial charge on any atom is 0.187 e. The second-order valence-corrected chi connectivity index (χ2v) is 3.32. The van der Waals surface area contributed by atoms with E-state index in [0.717, 1.165) is 0 Å². The molecule has 0 unspecified atom stereocenters. The van der Waals surface area contributed by atoms with E-state index in [4.69, 9.17) is 32.9 Å². The van der Waals surface area contributed by atoms with Gasteiger partial charge in [-0.25, -0.2) is 4.39 Å². The molecule has 0 radical (unpaired) electrons. The van der Waals surface area contributed by atoms with Gasteiger partial charge in [0.1, 0.15) is 5.02 Å². The third-order valence-corrected chi connectivity index (χ3v) is 2.15. The number of hydrogen-bond acceptors (Lipinski definition) is 4. The first-order valence-corrected chi connectivity index (χ1v) is 4.72. The lowest BCUT2D eigenvalue weighted by Gasteiger charge is -2.11. The molecule has 0 saturated carbocycles. The van der Waals surface area contributed by atoms with E-state index in [9.17, 15) is 4.39 Å². The lowest BCUT2D eigenvalue weighted by atomic mass is 10.2. The minimum absolute atomic E-state index is 0.0375. The second-order valence-electron chi connectivity index (χ2n) is 2.94. The molecule has 6 heteroatoms. The van der Waals surface area contributed by atoms with E-state index in [0.29, 0.717) is 6.42 Å². The Kier molecular flexibility index (Phi) is 3.99. The number of aliphatic hydroxyl groups excluding tert-OH is 1. The van der Waals surface area contributed by atoms with Crippen LogP contribution in [0.4, 0.5) is 15.8 Å². The molecule has 0 fully saturated rings. The summed E-state index contributed by atoms with van der Waals surface area (Å²) in [6.07, 6.45) is 0.390. The number of anilines is 2. The van der Waals surface area contributed by atoms with Crippen LogP contribution in [-0.2, 0) is 0 Å². The molecule has 0 saturated heterocycles. The molecule has 1 aromatic rings. The third-order valence-electron chi connectivity index (χ3n) is 1.77. The molecule has 5 N–H and O–H groups in total. The molecule has 1 aromatic carbocycles. The van der Waals surface area contributed by atoms with Gasteiger partial charge in [0.05, 0.1) is 18.0 Å². The van der Waals surface area contributed by atoms with Crippen LogP contribution in [-0.4, -0.2) is 18.3 Å². The van der Waals surface area contributed by atoms with Gasteiger partial charge < -0.3 is 21.3 Å². The van der Waals surface area contributed by atoms with Crippen LogP contribution in [0.2, 0.25) is 5.02 Å². The minimum atomic E-state index is -0.771. The smallest absolute Gasteiger partial charge is 0.187 e. The van der Waals surface area contributed by atoms with Crippen LogP contribution in [0, 0.1) is 5.82 Å². The van der Waals surface area contributed by atoms with E-state index < -0.39 is 5.82 Å². The van der Waals surface area contributed by atoms with E-state index in [1.54, 1.807) is 0 Å². The van der Waals surface area contributed by atoms with Crippen molar-refractivity contribution in [1.29, 1.82) is 0 Å². The molecular formula is C9H12ClFN2O2. The number of ether oxygens (including phenoxy) is 1. The SMILES string of the molecule is Nc1cc(N)c(OCCCO)c(F)c1Cl. The third kappa shape index (κ3) is 2.64. The number of aliphatic hydroxyl groups is 1. The topological polar surface area (TPSA) is 81.5 Å². The van der Waals surface area contributed by atoms with Gasteiger partial charge in [0, 0.05) is 13.0 Å². The molecule has 4 nitrogen and oxygen atoms in total. The summed E-state index contributed by atoms with van der Waals surface area (Å²) in [6, 6.07) is 1.33. The number of benzene rings is 1. The van der Waals surface area contributed by atoms with Gasteiger partial charge in [-0.1, -0.05) is 11.6 Å². The van der Waals surface area contributed by atoms with Crippen LogP contribution in [0.3, 0.4) is 0 Å². The molecule has 0 heterocycles. The largest absolute Gasteiger partial charge is 0.488 e. The molecule has 0 spiro atoms. The first-order valence-electron chi connectivity index (χ1n) is 4.34. The minimum Gasteiger partial charge on any atom is -0.488 e. The van der Waals surface area contributed by atoms with Crippen molar-refractivity contribution in [3.8, 4) is 5.75 Å². The molecule has 0 aliphatic carbocycles. The number of rotatable bonds is 4. The van der Waals surface area contributed by atoms with Crippen LogP contribution < -0.4 is 16.2 Å². The zero-order valence-corrected chi connectivity index (χ0v) is 8.72. The Bertz CT molecular complexity index is 360. The summed E-state index contributed by atoms with van der Waals surface area (Å²) in [7, 11) is 0. The molecule has 0 aliphatic rings. The predicted molar refractivity (Wildman–Crippen MR) is 57.4 cm³/mol. The lowest BCUT2D eigenvalue weighted by Crippen LogP contribution is -2.05. The van der Waals surface area contributed by atoms with Crippen molar-refractivity contribution in [3.63, 3.8) is 0 Å². The summed E-state index contributed by atoms with van der Waals surface area (Å²) < 4.78 is 18.5. The van der Waals surface area contributed by atoms with Gasteiger partial charge in [-0.2, -0.15) is 0 Å². The molecule has 15 heavy (non-hydrogen) atoms. The highest BCUT2D eigenvalue weighted by Gasteiger charge is 2.15. The normalized spacial score (nSPS) is 10.3. The highest BCUT2D eigenvalue weighted by molar-refractivity contribution is 6.33. The standard InChI is InChI=1S/C9H12ClFN2O2/c10-7-5(12)4-6(13)9(8(7)11)15-3-1-2-14/h4,14H,1-3,12-13H2. The summed E-state index contributed by atoms with van der Waals surface area (Å²) in [5, 5.41) is 8.33. The fourth-order valence-corrected chi connectivity index (χ4v) is 1.18. The maximum atomic E-state index is 13.5. The van der Waals surface area contributed by atoms with Crippen molar-refractivity contribution in [3.05, 3.63) is 16.9 Å². The zero-order chi connectivity index (χ0) is 11.4. The average molecular weight is 235 g/mol. The highest BCUT2D eigenvalue weighted by atomic mass is 35.5. The summed E-state index contributed by atoms with van der Waals surface area (Å²) in [5.41, 5.74) is 11.1. The van der Waals surface area contributed by atoms with Crippen molar-refractivity contribution in [2.75, 3.05) is 24.7 Å². The molecule has 1 rings (SSSR count). The zero-order valence-electron chi connectivity index (χ0n) is 7.96. The van der Waals surface area contributed by atoms with E-state index in [1.165, 1.54) is 6.07 Å². The molecular weight excluding hydrogens is 223 g/mol. The molecule has 0 aliphatic heterocycles. The summed E-state index contributed by atoms with van der Waals surface area (Å²) in [4.78, 5) is 0. The quantitative estimate of drug-likeness (QED) is 0.543. The van der Waals surface area contributed by atoms with Crippen molar-refractivity contribution < 1.29 is 14.2 Å². The fourth-order valence-electron chi connectivity index (χ4n) is 1.04. The van der Waals surface area contributed by atoms with Gasteiger partial charge in [0.15, 0.2) is 11.6 Å². The summed E-state index contributed by atoms with van der Waals surface area (Å²) >= 11 is 5.58. The van der Waals surface area contributed by atoms with Crippen molar-refractivity contribution in [2.45, 2.75) is 6.42 Å². The number of halogens is 2. The monoisotopic (exact) mass is 234 g/mol. The Morgan fingerprint density at radius 2 is 2.07 bits per heavy atom. The van der Waals surface area contributed by atoms with Crippen LogP contribution >= 0.6 is 11.6 Å². The van der Waals surface area contributed by atoms with Crippen LogP contribution in [0.15, 0.2) is 6.07 Å². The maximum absolute atomic E-state index is 13.5. The van der Waals surface area contributed by atoms with E-state index in [-0.39, 0.29) is 35.4 Å². The van der Waals surface area contributed by atoms with Crippen molar-refractivity contribution in [2.24, 2.45) is 0 Å². The Balaban J connectivity index is 2.92. The summed E-state index contributed by atoms with van der Waals surface area (Å²) in [5.74, 6) is -0.894. The van der Waals surface area contributed by atoms with E-state index in [1.807, 2.05) is 0 Å². The molecule has 0 atom stereocenters. The number of hydrogen-bond donors (Lipinski definition) is 3. The van der Waals surface area contributed by atoms with Gasteiger partial charge in [-0.15, -0.1) is 0 Å². The number of nitrogens with two attached hydrogens (primary N) is 2. The van der Waals surface area contributed by atoms with Gasteiger partial charge in [0.25, 0.3) is 0 Å². The van der Waals surface area contributed by atoms with Gasteiger partial charge >= 0.3 is 0 Å². The van der Waals surface area contributed by atoms with Gasteiger partial charge in [-0.3, -0.25) is 0 Å². The number of nitrogen functional groups attached to an aromatic ring is 2. The fraction of sp³-hybridized carbons (Fsp3) is 0.333. The van der Waals surface area contributed by atoms with E-state index in [2.05, 4.69) is 0 Å². The molecule has 0 amide bonds. The predicted octanol–water partition coefficient (Wildman–Crippen LogP) is 1.40. The Labute approximate surface area is 91.6 Å².